The van der Waals surface area contributed by atoms with Gasteiger partial charge in [0.2, 0.25) is 5.91 Å². The van der Waals surface area contributed by atoms with Crippen LogP contribution >= 0.6 is 0 Å². The van der Waals surface area contributed by atoms with Crippen molar-refractivity contribution in [1.29, 1.82) is 0 Å². The molecule has 0 rings (SSSR count). The molecule has 0 spiro atoms. The number of carbonyl (C=O) groups excluding carboxylic acids is 2. The molecule has 0 aliphatic carbocycles. The Morgan fingerprint density at radius 3 is 1.33 bits per heavy atom. The molecule has 1 amide bonds. The number of aliphatic hydroxyl groups is 2. The average molecular weight is 764 g/mol. The van der Waals surface area contributed by atoms with Crippen molar-refractivity contribution in [2.45, 2.75) is 277 Å². The van der Waals surface area contributed by atoms with Crippen molar-refractivity contribution in [3.8, 4) is 0 Å². The predicted octanol–water partition coefficient (Wildman–Crippen LogP) is 13.8. The van der Waals surface area contributed by atoms with E-state index in [0.29, 0.717) is 19.3 Å². The molecular weight excluding hydrogens is 671 g/mol. The number of rotatable bonds is 43. The van der Waals surface area contributed by atoms with Crippen molar-refractivity contribution < 1.29 is 24.5 Å². The van der Waals surface area contributed by atoms with E-state index in [1.54, 1.807) is 0 Å². The highest BCUT2D eigenvalue weighted by Gasteiger charge is 2.24. The maximum absolute atomic E-state index is 13.1. The number of unbranched alkanes of at least 4 members (excludes halogenated alkanes) is 29. The normalized spacial score (nSPS) is 13.4. The molecule has 0 heterocycles. The second-order valence-electron chi connectivity index (χ2n) is 16.5. The van der Waals surface area contributed by atoms with E-state index in [4.69, 9.17) is 4.74 Å². The van der Waals surface area contributed by atoms with Gasteiger partial charge in [-0.3, -0.25) is 9.59 Å². The number of amides is 1. The zero-order valence-electron chi connectivity index (χ0n) is 36.4. The molecule has 0 aromatic rings. The van der Waals surface area contributed by atoms with Gasteiger partial charge < -0.3 is 20.3 Å². The number of ether oxygens (including phenoxy) is 1. The summed E-state index contributed by atoms with van der Waals surface area (Å²) in [5, 5.41) is 23.7. The van der Waals surface area contributed by atoms with E-state index in [1.165, 1.54) is 154 Å². The molecule has 3 unspecified atom stereocenters. The number of carbonyl (C=O) groups is 2. The van der Waals surface area contributed by atoms with Crippen molar-refractivity contribution >= 4 is 11.9 Å². The Bertz CT molecular complexity index is 817. The molecule has 54 heavy (non-hydrogen) atoms. The Balaban J connectivity index is 4.56. The summed E-state index contributed by atoms with van der Waals surface area (Å²) in [6, 6.07) is -0.696. The zero-order valence-corrected chi connectivity index (χ0v) is 36.4. The lowest BCUT2D eigenvalue weighted by atomic mass is 10.0. The fraction of sp³-hybridized carbons (Fsp3) is 0.917. The first-order valence-corrected chi connectivity index (χ1v) is 23.9. The topological polar surface area (TPSA) is 95.9 Å². The van der Waals surface area contributed by atoms with Crippen LogP contribution in [0.15, 0.2) is 12.2 Å². The summed E-state index contributed by atoms with van der Waals surface area (Å²) in [4.78, 5) is 26.0. The number of aliphatic hydroxyl groups excluding tert-OH is 2. The molecule has 3 atom stereocenters. The highest BCUT2D eigenvalue weighted by molar-refractivity contribution is 5.77. The smallest absolute Gasteiger partial charge is 0.306 e. The predicted molar refractivity (Wildman–Crippen MR) is 232 cm³/mol. The molecule has 0 saturated heterocycles. The van der Waals surface area contributed by atoms with Gasteiger partial charge in [-0.15, -0.1) is 0 Å². The van der Waals surface area contributed by atoms with Crippen molar-refractivity contribution in [1.82, 2.24) is 5.32 Å². The van der Waals surface area contributed by atoms with E-state index in [0.717, 1.165) is 57.8 Å². The average Bonchev–Trinajstić information content (AvgIpc) is 3.16. The van der Waals surface area contributed by atoms with Gasteiger partial charge in [0, 0.05) is 6.42 Å². The van der Waals surface area contributed by atoms with Crippen LogP contribution in [0.3, 0.4) is 0 Å². The molecule has 0 radical (unpaired) electrons. The number of allylic oxidation sites excluding steroid dienone is 2. The molecule has 3 N–H and O–H groups in total. The molecule has 0 aliphatic rings. The lowest BCUT2D eigenvalue weighted by molar-refractivity contribution is -0.151. The Morgan fingerprint density at radius 1 is 0.519 bits per heavy atom. The molecule has 0 bridgehead atoms. The molecule has 0 aromatic carbocycles. The minimum Gasteiger partial charge on any atom is -0.462 e. The highest BCUT2D eigenvalue weighted by atomic mass is 16.5. The van der Waals surface area contributed by atoms with Crippen LogP contribution in [0.1, 0.15) is 258 Å². The van der Waals surface area contributed by atoms with Gasteiger partial charge in [-0.25, -0.2) is 0 Å². The summed E-state index contributed by atoms with van der Waals surface area (Å²) in [5.74, 6) is -0.472. The molecule has 0 saturated carbocycles. The Labute approximate surface area is 336 Å². The van der Waals surface area contributed by atoms with Crippen LogP contribution in [0, 0.1) is 0 Å². The first-order chi connectivity index (χ1) is 26.5. The van der Waals surface area contributed by atoms with Crippen molar-refractivity contribution in [3.05, 3.63) is 12.2 Å². The third kappa shape index (κ3) is 37.5. The van der Waals surface area contributed by atoms with Crippen LogP contribution in [0.4, 0.5) is 0 Å². The molecule has 0 aromatic heterocycles. The summed E-state index contributed by atoms with van der Waals surface area (Å²) in [7, 11) is 0. The molecule has 0 fully saturated rings. The van der Waals surface area contributed by atoms with Gasteiger partial charge in [-0.05, 0) is 51.4 Å². The zero-order chi connectivity index (χ0) is 39.6. The quantitative estimate of drug-likeness (QED) is 0.0326. The van der Waals surface area contributed by atoms with Gasteiger partial charge in [-0.2, -0.15) is 0 Å². The van der Waals surface area contributed by atoms with Gasteiger partial charge in [-0.1, -0.05) is 206 Å². The number of hydrogen-bond acceptors (Lipinski definition) is 5. The van der Waals surface area contributed by atoms with Crippen LogP contribution in [0.25, 0.3) is 0 Å². The Morgan fingerprint density at radius 2 is 0.889 bits per heavy atom. The molecular formula is C48H93NO5. The summed E-state index contributed by atoms with van der Waals surface area (Å²) < 4.78 is 5.90. The number of hydrogen-bond donors (Lipinski definition) is 3. The number of nitrogens with one attached hydrogen (secondary N) is 1. The van der Waals surface area contributed by atoms with Crippen LogP contribution in [0.5, 0.6) is 0 Å². The third-order valence-electron chi connectivity index (χ3n) is 11.1. The van der Waals surface area contributed by atoms with E-state index in [9.17, 15) is 19.8 Å². The summed E-state index contributed by atoms with van der Waals surface area (Å²) in [6.07, 6.45) is 45.5. The van der Waals surface area contributed by atoms with Gasteiger partial charge in [0.25, 0.3) is 0 Å². The minimum absolute atomic E-state index is 0.0780. The van der Waals surface area contributed by atoms with E-state index in [-0.39, 0.29) is 24.9 Å². The van der Waals surface area contributed by atoms with E-state index in [2.05, 4.69) is 38.2 Å². The third-order valence-corrected chi connectivity index (χ3v) is 11.1. The number of esters is 1. The highest BCUT2D eigenvalue weighted by Crippen LogP contribution is 2.18. The van der Waals surface area contributed by atoms with Crippen LogP contribution in [0.2, 0.25) is 0 Å². The van der Waals surface area contributed by atoms with Crippen LogP contribution in [-0.2, 0) is 14.3 Å². The summed E-state index contributed by atoms with van der Waals surface area (Å²) >= 11 is 0. The van der Waals surface area contributed by atoms with E-state index in [1.807, 2.05) is 0 Å². The first kappa shape index (κ1) is 52.6. The summed E-state index contributed by atoms with van der Waals surface area (Å²) in [5.41, 5.74) is 0. The van der Waals surface area contributed by atoms with Gasteiger partial charge in [0.05, 0.1) is 25.2 Å². The second-order valence-corrected chi connectivity index (χ2v) is 16.5. The standard InChI is InChI=1S/C48H93NO5/c1-4-7-10-13-16-19-22-24-25-27-30-33-36-39-44(54-48(53)41-38-35-32-29-21-18-15-12-9-6-3)42-47(52)49-45(43-50)46(51)40-37-34-31-28-26-23-20-17-14-11-8-5-2/h19,22,44-46,50-51H,4-18,20-21,23-43H2,1-3H3,(H,49,52)/b22-19-. The van der Waals surface area contributed by atoms with Crippen LogP contribution in [-0.4, -0.2) is 46.9 Å². The summed E-state index contributed by atoms with van der Waals surface area (Å²) in [6.45, 7) is 6.46. The monoisotopic (exact) mass is 764 g/mol. The fourth-order valence-electron chi connectivity index (χ4n) is 7.43. The molecule has 0 aliphatic heterocycles. The fourth-order valence-corrected chi connectivity index (χ4v) is 7.43. The van der Waals surface area contributed by atoms with Gasteiger partial charge in [0.1, 0.15) is 6.10 Å². The lowest BCUT2D eigenvalue weighted by Crippen LogP contribution is -2.46. The van der Waals surface area contributed by atoms with Crippen molar-refractivity contribution in [2.75, 3.05) is 6.61 Å². The van der Waals surface area contributed by atoms with Gasteiger partial charge in [0.15, 0.2) is 0 Å². The van der Waals surface area contributed by atoms with Crippen molar-refractivity contribution in [3.63, 3.8) is 0 Å². The Hall–Kier alpha value is -1.40. The maximum Gasteiger partial charge on any atom is 0.306 e. The Kier molecular flexibility index (Phi) is 41.6. The minimum atomic E-state index is -0.782. The van der Waals surface area contributed by atoms with Crippen LogP contribution < -0.4 is 5.32 Å². The lowest BCUT2D eigenvalue weighted by Gasteiger charge is -2.24. The van der Waals surface area contributed by atoms with Gasteiger partial charge >= 0.3 is 5.97 Å². The first-order valence-electron chi connectivity index (χ1n) is 23.9. The molecule has 6 nitrogen and oxygen atoms in total. The molecule has 6 heteroatoms. The van der Waals surface area contributed by atoms with Crippen molar-refractivity contribution in [2.24, 2.45) is 0 Å². The SMILES string of the molecule is CCCCCC/C=C\CCCCCCCC(CC(=O)NC(CO)C(O)CCCCCCCCCCCCCC)OC(=O)CCCCCCCCCCCC. The maximum atomic E-state index is 13.1. The second kappa shape index (κ2) is 42.7. The molecule has 320 valence electrons. The largest absolute Gasteiger partial charge is 0.462 e. The van der Waals surface area contributed by atoms with E-state index >= 15 is 0 Å². The van der Waals surface area contributed by atoms with E-state index < -0.39 is 18.2 Å².